The van der Waals surface area contributed by atoms with Gasteiger partial charge in [0.25, 0.3) is 17.7 Å². The van der Waals surface area contributed by atoms with Crippen LogP contribution in [0.4, 0.5) is 22.4 Å². The van der Waals surface area contributed by atoms with E-state index in [4.69, 9.17) is 79.1 Å². The molecule has 1 aliphatic carbocycles. The lowest BCUT2D eigenvalue weighted by Crippen LogP contribution is -2.58. The number of aliphatic hydroxyl groups is 4. The fourth-order valence-corrected chi connectivity index (χ4v) is 17.5. The molecular formula is C93H136N12O23. The molecule has 706 valence electrons. The highest BCUT2D eigenvalue weighted by atomic mass is 16.6. The second kappa shape index (κ2) is 49.8. The number of rotatable bonds is 33. The zero-order valence-corrected chi connectivity index (χ0v) is 75.5. The Morgan fingerprint density at radius 3 is 2.11 bits per heavy atom. The van der Waals surface area contributed by atoms with Crippen LogP contribution in [0.15, 0.2) is 94.7 Å². The number of aliphatic hydroxyl groups excluding tert-OH is 3. The second-order valence-electron chi connectivity index (χ2n) is 35.0. The Hall–Kier alpha value is -9.05. The quantitative estimate of drug-likeness (QED) is 0.00733. The molecule has 3 saturated heterocycles. The van der Waals surface area contributed by atoms with Crippen molar-refractivity contribution < 1.29 is 111 Å². The number of hydrogen-bond donors (Lipinski definition) is 10. The van der Waals surface area contributed by atoms with E-state index < -0.39 is 113 Å². The monoisotopic (exact) mass is 1790 g/mol. The minimum Gasteiger partial charge on any atom is -0.459 e. The van der Waals surface area contributed by atoms with Gasteiger partial charge in [0.2, 0.25) is 17.6 Å². The third kappa shape index (κ3) is 29.0. The first kappa shape index (κ1) is 101. The van der Waals surface area contributed by atoms with Crippen LogP contribution in [-0.2, 0) is 100 Å². The summed E-state index contributed by atoms with van der Waals surface area (Å²) in [7, 11) is 3.08. The number of carbonyl (C=O) groups is 7. The van der Waals surface area contributed by atoms with E-state index in [1.165, 1.54) is 19.0 Å². The largest absolute Gasteiger partial charge is 0.459 e. The number of nitrogens with two attached hydrogens (primary N) is 3. The molecule has 13 N–H and O–H groups in total. The SMILES string of the molecule is CO[C@H]1C[C@@H]2CCC[C@@](O)(O2)C(=O)C(=O)N2CCCC[C@H]2C(=O)O[C@H]([C@H](N)C[C@@H]2CC[C@@H](OC(=O)N3CCC(C)(C(=O)NCCOCCOCCOCCOCCOCCOCCC(=O)N4CCc5cc(CNc6ncnc(N)c6C(=N)c6ccc7oc(N)nc7c6)ccc5C4)CC3)[C@H](OC)C2)C[C@@H](O)[C@H](C)/C=C(\C)[C@@H](O)[C@@H](O)C(=O)[C@H](C)C[C@H](C)/C=C/C=CC=C1C. The first-order valence-electron chi connectivity index (χ1n) is 45.2. The number of benzene rings is 2. The van der Waals surface area contributed by atoms with E-state index in [-0.39, 0.29) is 125 Å². The van der Waals surface area contributed by atoms with Crippen molar-refractivity contribution in [2.45, 2.75) is 230 Å². The first-order chi connectivity index (χ1) is 61.5. The normalized spacial score (nSPS) is 27.2. The van der Waals surface area contributed by atoms with E-state index in [0.29, 0.717) is 184 Å². The van der Waals surface area contributed by atoms with Crippen LogP contribution in [0.3, 0.4) is 0 Å². The van der Waals surface area contributed by atoms with Gasteiger partial charge in [-0.05, 0) is 155 Å². The third-order valence-electron chi connectivity index (χ3n) is 25.3. The van der Waals surface area contributed by atoms with Crippen LogP contribution in [0.2, 0.25) is 0 Å². The van der Waals surface area contributed by atoms with Gasteiger partial charge in [0.15, 0.2) is 11.4 Å². The average molecular weight is 1790 g/mol. The number of ether oxygens (including phenoxy) is 11. The molecule has 6 aliphatic rings. The number of oxazole rings is 1. The van der Waals surface area contributed by atoms with Crippen LogP contribution >= 0.6 is 0 Å². The van der Waals surface area contributed by atoms with Crippen molar-refractivity contribution in [1.82, 2.24) is 35.0 Å². The summed E-state index contributed by atoms with van der Waals surface area (Å²) < 4.78 is 69.7. The van der Waals surface area contributed by atoms with Crippen molar-refractivity contribution in [1.29, 1.82) is 5.41 Å². The smallest absolute Gasteiger partial charge is 0.410 e. The van der Waals surface area contributed by atoms with Crippen LogP contribution in [0.1, 0.15) is 172 Å². The van der Waals surface area contributed by atoms with Gasteiger partial charge in [-0.15, -0.1) is 0 Å². The molecule has 0 radical (unpaired) electrons. The fourth-order valence-electron chi connectivity index (χ4n) is 17.5. The summed E-state index contributed by atoms with van der Waals surface area (Å²) in [4.78, 5) is 115. The molecular weight excluding hydrogens is 1650 g/mol. The maximum Gasteiger partial charge on any atom is 0.410 e. The lowest BCUT2D eigenvalue weighted by molar-refractivity contribution is -0.245. The summed E-state index contributed by atoms with van der Waals surface area (Å²) >= 11 is 0. The van der Waals surface area contributed by atoms with Crippen LogP contribution in [0.25, 0.3) is 11.1 Å². The molecule has 1 saturated carbocycles. The van der Waals surface area contributed by atoms with Gasteiger partial charge in [-0.3, -0.25) is 29.4 Å². The molecule has 4 aromatic rings. The summed E-state index contributed by atoms with van der Waals surface area (Å²) in [5.74, 6) is -7.27. The number of likely N-dealkylation sites (tertiary alicyclic amines) is 1. The van der Waals surface area contributed by atoms with E-state index in [0.717, 1.165) is 21.6 Å². The van der Waals surface area contributed by atoms with Gasteiger partial charge in [0, 0.05) is 108 Å². The Morgan fingerprint density at radius 2 is 1.41 bits per heavy atom. The highest BCUT2D eigenvalue weighted by molar-refractivity contribution is 6.39. The summed E-state index contributed by atoms with van der Waals surface area (Å²) in [6.45, 7) is 17.2. The predicted molar refractivity (Wildman–Crippen MR) is 475 cm³/mol. The Bertz CT molecular complexity index is 4460. The predicted octanol–water partition coefficient (Wildman–Crippen LogP) is 7.32. The van der Waals surface area contributed by atoms with Gasteiger partial charge in [-0.2, -0.15) is 4.98 Å². The Kier molecular flexibility index (Phi) is 39.3. The van der Waals surface area contributed by atoms with Gasteiger partial charge < -0.3 is 119 Å². The fraction of sp³-hybridized carbons (Fsp3) is 0.645. The van der Waals surface area contributed by atoms with Crippen molar-refractivity contribution in [2.75, 3.05) is 143 Å². The number of aromatic nitrogens is 3. The maximum atomic E-state index is 14.7. The zero-order chi connectivity index (χ0) is 92.0. The number of allylic oxidation sites excluding steroid dienone is 5. The minimum absolute atomic E-state index is 0.0141. The van der Waals surface area contributed by atoms with Crippen molar-refractivity contribution >= 4 is 75.8 Å². The molecule has 4 fully saturated rings. The molecule has 35 heteroatoms. The number of anilines is 3. The summed E-state index contributed by atoms with van der Waals surface area (Å²) in [6, 6.07) is 9.20. The second-order valence-corrected chi connectivity index (χ2v) is 35.0. The minimum atomic E-state index is -2.47. The number of piperidine rings is 2. The van der Waals surface area contributed by atoms with Gasteiger partial charge in [-0.25, -0.2) is 19.6 Å². The molecule has 0 unspecified atom stereocenters. The molecule has 15 atom stereocenters. The van der Waals surface area contributed by atoms with Crippen molar-refractivity contribution in [2.24, 2.45) is 34.8 Å². The lowest BCUT2D eigenvalue weighted by Gasteiger charge is -2.40. The number of nitrogens with one attached hydrogen (secondary N) is 3. The van der Waals surface area contributed by atoms with Crippen molar-refractivity contribution in [3.05, 3.63) is 118 Å². The van der Waals surface area contributed by atoms with Gasteiger partial charge in [0.1, 0.15) is 53.9 Å². The van der Waals surface area contributed by atoms with Crippen LogP contribution in [0.5, 0.6) is 0 Å². The molecule has 2 aromatic carbocycles. The number of fused-ring (bicyclic) bond motifs is 5. The Labute approximate surface area is 749 Å². The number of hydrogen-bond acceptors (Lipinski definition) is 31. The number of carbonyl (C=O) groups excluding carboxylic acids is 7. The average Bonchev–Trinajstić information content (AvgIpc) is 1.75. The Balaban J connectivity index is 0.572. The molecule has 2 bridgehead atoms. The van der Waals surface area contributed by atoms with Gasteiger partial charge in [0.05, 0.1) is 121 Å². The lowest BCUT2D eigenvalue weighted by atomic mass is 9.79. The topological polar surface area (TPSA) is 489 Å². The number of nitrogens with zero attached hydrogens (tertiary/aromatic N) is 6. The van der Waals surface area contributed by atoms with Crippen LogP contribution in [0, 0.1) is 34.5 Å². The van der Waals surface area contributed by atoms with E-state index >= 15 is 0 Å². The number of methoxy groups -OCH3 is 2. The van der Waals surface area contributed by atoms with Crippen molar-refractivity contribution in [3.63, 3.8) is 0 Å². The van der Waals surface area contributed by atoms with Crippen molar-refractivity contribution in [3.8, 4) is 0 Å². The number of ketones is 2. The van der Waals surface area contributed by atoms with Gasteiger partial charge in [-0.1, -0.05) is 82.4 Å². The first-order valence-corrected chi connectivity index (χ1v) is 45.2. The molecule has 7 heterocycles. The van der Waals surface area contributed by atoms with E-state index in [9.17, 15) is 54.0 Å². The number of esters is 1. The van der Waals surface area contributed by atoms with Crippen LogP contribution in [-0.4, -0.2) is 290 Å². The molecule has 35 nitrogen and oxygen atoms in total. The van der Waals surface area contributed by atoms with Gasteiger partial charge >= 0.3 is 12.1 Å². The maximum absolute atomic E-state index is 14.7. The summed E-state index contributed by atoms with van der Waals surface area (Å²) in [5, 5.41) is 61.7. The number of cyclic esters (lactones) is 1. The Morgan fingerprint density at radius 1 is 0.719 bits per heavy atom. The molecule has 10 rings (SSSR count). The van der Waals surface area contributed by atoms with E-state index in [2.05, 4.69) is 31.7 Å². The molecule has 5 aliphatic heterocycles. The number of Topliss-reactive ketones (excluding diaryl/α,β-unsaturated/α-hetero) is 2. The molecule has 0 spiro atoms. The zero-order valence-electron chi connectivity index (χ0n) is 75.5. The standard InChI is InChI=1S/C93H136N12O23/c1-58-15-10-9-11-16-59(2)75(117-7)53-68-17-14-27-93(116,128-68)84(111)87(112)105-31-13-12-18-71(105)88(113)125-76(54-72(106)60(3)48-62(5)82(109)83(110)81(108)61(4)47-58)69(94)50-63-20-23-74(77(51-63)118-8)127-91(115)103-33-28-92(6,29-34-103)89(114)98-30-36-120-38-40-122-42-44-124-46-45-123-43-41-121-39-37-119-35-26-78(107)104-32-25-65-49-64(19-21-67(65)56-104)55-99-86-79(85(96)100-57-101-86)80(95)66-22-24-73-70(52-66)102-90(97)126-73/h9-11,15-16,19,21-22,24,48-49,52,57-58,60-61,63,68-69,71-72,74-77,82-83,95,106,109-110,116H,12-14,17-18,20,23,25-47,50-51,53-56,94H2,1-8H3,(H2,97,102)(H,98,114)(H3,96,99,100,101)/b11-9?,15-10+,59-16?,62-48+,95-80?/t58-,60-,61-,63+,68+,69-,71+,72-,74-,75+,76+,77-,82-,83+,93-/m1/s1. The molecule has 4 amide bonds. The van der Waals surface area contributed by atoms with E-state index in [1.807, 2.05) is 68.2 Å². The molecule has 128 heavy (non-hydrogen) atoms. The van der Waals surface area contributed by atoms with E-state index in [1.54, 1.807) is 57.1 Å². The summed E-state index contributed by atoms with van der Waals surface area (Å²) in [6.07, 6.45) is 9.29. The third-order valence-corrected chi connectivity index (χ3v) is 25.3. The molecule has 2 aromatic heterocycles. The van der Waals surface area contributed by atoms with Crippen LogP contribution < -0.4 is 27.8 Å². The number of nitrogen functional groups attached to an aromatic ring is 2. The highest BCUT2D eigenvalue weighted by Crippen LogP contribution is 2.38. The number of amides is 4. The highest BCUT2D eigenvalue weighted by Gasteiger charge is 2.50. The summed E-state index contributed by atoms with van der Waals surface area (Å²) in [5.41, 5.74) is 24.8.